The molecule has 0 amide bonds. The highest BCUT2D eigenvalue weighted by Crippen LogP contribution is 2.32. The third-order valence-electron chi connectivity index (χ3n) is 4.98. The number of piperazine rings is 1. The van der Waals surface area contributed by atoms with Crippen molar-refractivity contribution in [2.24, 2.45) is 0 Å². The molecule has 8 nitrogen and oxygen atoms in total. The fourth-order valence-electron chi connectivity index (χ4n) is 3.41. The molecule has 0 unspecified atom stereocenters. The molecule has 2 aromatic carbocycles. The molecule has 0 spiro atoms. The lowest BCUT2D eigenvalue weighted by atomic mass is 10.1. The van der Waals surface area contributed by atoms with Gasteiger partial charge in [0.05, 0.1) is 31.1 Å². The van der Waals surface area contributed by atoms with E-state index >= 15 is 0 Å². The van der Waals surface area contributed by atoms with Crippen molar-refractivity contribution in [2.45, 2.75) is 6.54 Å². The van der Waals surface area contributed by atoms with Crippen LogP contribution in [-0.2, 0) is 6.54 Å². The van der Waals surface area contributed by atoms with Gasteiger partial charge in [-0.2, -0.15) is 0 Å². The monoisotopic (exact) mass is 401 g/mol. The van der Waals surface area contributed by atoms with Gasteiger partial charge in [0.15, 0.2) is 16.6 Å². The van der Waals surface area contributed by atoms with Crippen LogP contribution in [0.5, 0.6) is 11.5 Å². The van der Waals surface area contributed by atoms with Crippen LogP contribution in [-0.4, -0.2) is 47.9 Å². The zero-order valence-corrected chi connectivity index (χ0v) is 16.0. The van der Waals surface area contributed by atoms with E-state index in [-0.39, 0.29) is 5.69 Å². The van der Waals surface area contributed by atoms with E-state index < -0.39 is 4.92 Å². The lowest BCUT2D eigenvalue weighted by Crippen LogP contribution is -3.13. The third kappa shape index (κ3) is 4.15. The number of thiocarbonyl (C=S) groups is 1. The Bertz CT molecular complexity index is 882. The number of hydrogen-bond donors (Lipinski definition) is 2. The lowest BCUT2D eigenvalue weighted by molar-refractivity contribution is -0.917. The Hall–Kier alpha value is -2.91. The molecule has 2 N–H and O–H groups in total. The van der Waals surface area contributed by atoms with Crippen LogP contribution in [0.1, 0.15) is 5.56 Å². The number of rotatable bonds is 4. The molecule has 4 rings (SSSR count). The predicted octanol–water partition coefficient (Wildman–Crippen LogP) is 1.42. The summed E-state index contributed by atoms with van der Waals surface area (Å²) in [5.74, 6) is 1.63. The number of benzene rings is 2. The number of hydrogen-bond acceptors (Lipinski definition) is 5. The highest BCUT2D eigenvalue weighted by Gasteiger charge is 2.23. The van der Waals surface area contributed by atoms with Crippen molar-refractivity contribution >= 4 is 28.7 Å². The van der Waals surface area contributed by atoms with Gasteiger partial charge in [-0.1, -0.05) is 0 Å². The molecule has 0 aromatic heterocycles. The van der Waals surface area contributed by atoms with E-state index in [0.29, 0.717) is 11.9 Å². The van der Waals surface area contributed by atoms with Crippen LogP contribution in [0.15, 0.2) is 42.5 Å². The molecule has 0 saturated carbocycles. The topological polar surface area (TPSA) is 81.3 Å². The van der Waals surface area contributed by atoms with E-state index in [1.807, 2.05) is 6.07 Å². The molecule has 0 bridgehead atoms. The number of nitro groups is 1. The Balaban J connectivity index is 1.27. The molecule has 2 heterocycles. The minimum atomic E-state index is -0.412. The molecule has 1 fully saturated rings. The Morgan fingerprint density at radius 2 is 1.86 bits per heavy atom. The zero-order chi connectivity index (χ0) is 19.5. The Labute approximate surface area is 167 Å². The van der Waals surface area contributed by atoms with E-state index in [0.717, 1.165) is 49.9 Å². The van der Waals surface area contributed by atoms with Crippen LogP contribution in [0.3, 0.4) is 0 Å². The van der Waals surface area contributed by atoms with Gasteiger partial charge in [0.2, 0.25) is 6.79 Å². The summed E-state index contributed by atoms with van der Waals surface area (Å²) >= 11 is 5.50. The predicted molar refractivity (Wildman–Crippen MR) is 108 cm³/mol. The number of nitrogens with one attached hydrogen (secondary N) is 2. The summed E-state index contributed by atoms with van der Waals surface area (Å²) < 4.78 is 10.8. The van der Waals surface area contributed by atoms with Crippen LogP contribution >= 0.6 is 12.2 Å². The average Bonchev–Trinajstić information content (AvgIpc) is 3.17. The SMILES string of the molecule is O=[N+]([O-])c1ccc(NC(=S)N2CC[NH+](Cc3ccc4c(c3)OCO4)CC2)cc1. The Morgan fingerprint density at radius 1 is 1.14 bits per heavy atom. The van der Waals surface area contributed by atoms with Crippen molar-refractivity contribution < 1.29 is 19.3 Å². The van der Waals surface area contributed by atoms with Crippen LogP contribution in [0.25, 0.3) is 0 Å². The van der Waals surface area contributed by atoms with Gasteiger partial charge in [0, 0.05) is 23.4 Å². The second-order valence-corrected chi connectivity index (χ2v) is 7.22. The Morgan fingerprint density at radius 3 is 2.57 bits per heavy atom. The van der Waals surface area contributed by atoms with Crippen molar-refractivity contribution in [2.75, 3.05) is 38.3 Å². The molecule has 2 aromatic rings. The first kappa shape index (κ1) is 18.5. The molecule has 0 aliphatic carbocycles. The summed E-state index contributed by atoms with van der Waals surface area (Å²) in [5, 5.41) is 14.5. The first-order valence-electron chi connectivity index (χ1n) is 9.11. The maximum absolute atomic E-state index is 10.7. The summed E-state index contributed by atoms with van der Waals surface area (Å²) in [6.07, 6.45) is 0. The fourth-order valence-corrected chi connectivity index (χ4v) is 3.71. The van der Waals surface area contributed by atoms with E-state index in [9.17, 15) is 10.1 Å². The first-order valence-corrected chi connectivity index (χ1v) is 9.52. The summed E-state index contributed by atoms with van der Waals surface area (Å²) in [6.45, 7) is 4.92. The molecular weight excluding hydrogens is 380 g/mol. The molecule has 2 aliphatic heterocycles. The van der Waals surface area contributed by atoms with E-state index in [2.05, 4.69) is 22.3 Å². The highest BCUT2D eigenvalue weighted by molar-refractivity contribution is 7.80. The van der Waals surface area contributed by atoms with Gasteiger partial charge in [-0.15, -0.1) is 0 Å². The number of non-ortho nitro benzene ring substituents is 1. The molecular formula is C19H21N4O4S+. The van der Waals surface area contributed by atoms with Crippen molar-refractivity contribution in [3.63, 3.8) is 0 Å². The second kappa shape index (κ2) is 7.99. The van der Waals surface area contributed by atoms with E-state index in [1.54, 1.807) is 12.1 Å². The summed E-state index contributed by atoms with van der Waals surface area (Å²) in [6, 6.07) is 12.4. The number of fused-ring (bicyclic) bond motifs is 1. The number of ether oxygens (including phenoxy) is 2. The zero-order valence-electron chi connectivity index (χ0n) is 15.2. The number of nitro benzene ring substituents is 1. The number of quaternary nitrogens is 1. The highest BCUT2D eigenvalue weighted by atomic mass is 32.1. The summed E-state index contributed by atoms with van der Waals surface area (Å²) in [4.78, 5) is 14.0. The van der Waals surface area contributed by atoms with E-state index in [4.69, 9.17) is 21.7 Å². The van der Waals surface area contributed by atoms with Crippen LogP contribution in [0.2, 0.25) is 0 Å². The largest absolute Gasteiger partial charge is 0.454 e. The van der Waals surface area contributed by atoms with Crippen molar-refractivity contribution in [3.05, 3.63) is 58.1 Å². The quantitative estimate of drug-likeness (QED) is 0.456. The first-order chi connectivity index (χ1) is 13.6. The second-order valence-electron chi connectivity index (χ2n) is 6.84. The molecule has 0 radical (unpaired) electrons. The van der Waals surface area contributed by atoms with Crippen molar-refractivity contribution in [1.82, 2.24) is 4.90 Å². The maximum atomic E-state index is 10.7. The molecule has 1 saturated heterocycles. The third-order valence-corrected chi connectivity index (χ3v) is 5.34. The number of anilines is 1. The van der Waals surface area contributed by atoms with Gasteiger partial charge in [-0.05, 0) is 42.5 Å². The normalized spacial score (nSPS) is 16.1. The summed E-state index contributed by atoms with van der Waals surface area (Å²) in [7, 11) is 0. The van der Waals surface area contributed by atoms with Gasteiger partial charge < -0.3 is 24.6 Å². The standard InChI is InChI=1S/C19H20N4O4S/c24-23(25)16-4-2-15(3-5-16)20-19(28)22-9-7-21(8-10-22)12-14-1-6-17-18(11-14)27-13-26-17/h1-6,11H,7-10,12-13H2,(H,20,28)/p+1. The molecule has 0 atom stereocenters. The van der Waals surface area contributed by atoms with Crippen molar-refractivity contribution in [1.29, 1.82) is 0 Å². The maximum Gasteiger partial charge on any atom is 0.269 e. The van der Waals surface area contributed by atoms with Crippen LogP contribution in [0, 0.1) is 10.1 Å². The Kier molecular flexibility index (Phi) is 5.27. The minimum absolute atomic E-state index is 0.0669. The van der Waals surface area contributed by atoms with Gasteiger partial charge in [-0.3, -0.25) is 10.1 Å². The molecule has 9 heteroatoms. The smallest absolute Gasteiger partial charge is 0.269 e. The molecule has 28 heavy (non-hydrogen) atoms. The number of nitrogens with zero attached hydrogens (tertiary/aromatic N) is 2. The van der Waals surface area contributed by atoms with Crippen molar-refractivity contribution in [3.8, 4) is 11.5 Å². The van der Waals surface area contributed by atoms with Crippen LogP contribution < -0.4 is 19.7 Å². The van der Waals surface area contributed by atoms with Gasteiger partial charge in [0.25, 0.3) is 5.69 Å². The van der Waals surface area contributed by atoms with Gasteiger partial charge in [0.1, 0.15) is 6.54 Å². The fraction of sp³-hybridized carbons (Fsp3) is 0.316. The van der Waals surface area contributed by atoms with Gasteiger partial charge >= 0.3 is 0 Å². The summed E-state index contributed by atoms with van der Waals surface area (Å²) in [5.41, 5.74) is 2.06. The van der Waals surface area contributed by atoms with E-state index in [1.165, 1.54) is 22.6 Å². The average molecular weight is 401 g/mol. The van der Waals surface area contributed by atoms with Gasteiger partial charge in [-0.25, -0.2) is 0 Å². The molecule has 146 valence electrons. The lowest BCUT2D eigenvalue weighted by Gasteiger charge is -2.34. The molecule has 2 aliphatic rings. The minimum Gasteiger partial charge on any atom is -0.454 e. The van der Waals surface area contributed by atoms with Crippen LogP contribution in [0.4, 0.5) is 11.4 Å².